The molecular formula is C25H23N7O3S. The Labute approximate surface area is 207 Å². The number of fused-ring (bicyclic) bond motifs is 2. The van der Waals surface area contributed by atoms with Crippen molar-refractivity contribution < 1.29 is 13.2 Å². The highest BCUT2D eigenvalue weighted by Crippen LogP contribution is 2.30. The molecule has 0 spiro atoms. The summed E-state index contributed by atoms with van der Waals surface area (Å²) in [5.41, 5.74) is 8.70. The van der Waals surface area contributed by atoms with Crippen LogP contribution in [0, 0.1) is 0 Å². The predicted octanol–water partition coefficient (Wildman–Crippen LogP) is 3.14. The lowest BCUT2D eigenvalue weighted by Crippen LogP contribution is -2.37. The molecule has 6 rings (SSSR count). The molecule has 0 atom stereocenters. The second-order valence-electron chi connectivity index (χ2n) is 8.80. The molecule has 36 heavy (non-hydrogen) atoms. The summed E-state index contributed by atoms with van der Waals surface area (Å²) in [6.45, 7) is 2.35. The Morgan fingerprint density at radius 1 is 1.08 bits per heavy atom. The fraction of sp³-hybridized carbons (Fsp3) is 0.200. The van der Waals surface area contributed by atoms with Gasteiger partial charge in [-0.3, -0.25) is 9.55 Å². The van der Waals surface area contributed by atoms with Crippen molar-refractivity contribution in [2.45, 2.75) is 17.9 Å². The Bertz CT molecular complexity index is 1730. The van der Waals surface area contributed by atoms with Crippen LogP contribution in [-0.4, -0.2) is 52.3 Å². The number of nitrogens with two attached hydrogens (primary N) is 1. The Balaban J connectivity index is 1.29. The van der Waals surface area contributed by atoms with E-state index in [2.05, 4.69) is 32.0 Å². The van der Waals surface area contributed by atoms with Crippen molar-refractivity contribution in [2.75, 3.05) is 30.0 Å². The molecule has 1 fully saturated rings. The first kappa shape index (κ1) is 22.2. The molecule has 4 aromatic heterocycles. The number of rotatable bonds is 6. The maximum Gasteiger partial charge on any atom is 0.177 e. The van der Waals surface area contributed by atoms with Gasteiger partial charge >= 0.3 is 0 Å². The summed E-state index contributed by atoms with van der Waals surface area (Å²) in [5, 5.41) is 1.35. The van der Waals surface area contributed by atoms with E-state index < -0.39 is 9.84 Å². The number of anilines is 2. The van der Waals surface area contributed by atoms with Crippen molar-refractivity contribution >= 4 is 43.4 Å². The summed E-state index contributed by atoms with van der Waals surface area (Å²) in [7, 11) is -3.55. The number of pyridine rings is 2. The molecule has 5 heterocycles. The van der Waals surface area contributed by atoms with Crippen molar-refractivity contribution in [1.29, 1.82) is 0 Å². The van der Waals surface area contributed by atoms with Gasteiger partial charge in [-0.15, -0.1) is 0 Å². The van der Waals surface area contributed by atoms with Gasteiger partial charge in [-0.05, 0) is 36.8 Å². The van der Waals surface area contributed by atoms with Crippen LogP contribution in [-0.2, 0) is 16.4 Å². The monoisotopic (exact) mass is 501 g/mol. The largest absolute Gasteiger partial charge is 0.489 e. The van der Waals surface area contributed by atoms with Gasteiger partial charge in [0.2, 0.25) is 0 Å². The van der Waals surface area contributed by atoms with Crippen molar-refractivity contribution in [3.05, 3.63) is 66.9 Å². The summed E-state index contributed by atoms with van der Waals surface area (Å²) in [6, 6.07) is 11.9. The molecular weight excluding hydrogens is 478 g/mol. The van der Waals surface area contributed by atoms with E-state index in [9.17, 15) is 8.42 Å². The number of aromatic nitrogens is 5. The first-order chi connectivity index (χ1) is 17.4. The molecule has 0 bridgehead atoms. The van der Waals surface area contributed by atoms with E-state index in [1.54, 1.807) is 17.0 Å². The quantitative estimate of drug-likeness (QED) is 0.373. The topological polar surface area (TPSA) is 129 Å². The molecule has 182 valence electrons. The van der Waals surface area contributed by atoms with E-state index in [0.717, 1.165) is 41.6 Å². The third-order valence-corrected chi connectivity index (χ3v) is 7.38. The standard InChI is InChI=1S/C25H23N7O3S/c1-36(33,34)21-13-32(25-23(21)24(26)28-15-29-25)18-9-16(11-27-12-18)14-35-19-5-3-17-4-6-22(30-20(17)10-19)31-7-2-8-31/h3-6,9-13,15H,2,7-8,14H2,1H3,(H2,26,28,29). The maximum absolute atomic E-state index is 12.4. The molecule has 1 aliphatic heterocycles. The van der Waals surface area contributed by atoms with Gasteiger partial charge in [0.1, 0.15) is 30.3 Å². The number of hydrogen-bond acceptors (Lipinski definition) is 9. The minimum atomic E-state index is -3.55. The van der Waals surface area contributed by atoms with Gasteiger partial charge in [0, 0.05) is 48.8 Å². The third-order valence-electron chi connectivity index (χ3n) is 6.27. The SMILES string of the molecule is CS(=O)(=O)c1cn(-c2cncc(COc3ccc4ccc(N5CCC5)nc4c3)c2)c2ncnc(N)c12. The Hall–Kier alpha value is -4.25. The average molecular weight is 502 g/mol. The van der Waals surface area contributed by atoms with Crippen LogP contribution in [0.5, 0.6) is 5.75 Å². The van der Waals surface area contributed by atoms with E-state index in [1.807, 2.05) is 24.3 Å². The number of sulfone groups is 1. The van der Waals surface area contributed by atoms with Gasteiger partial charge in [-0.1, -0.05) is 0 Å². The van der Waals surface area contributed by atoms with Crippen LogP contribution in [0.1, 0.15) is 12.0 Å². The average Bonchev–Trinajstić information content (AvgIpc) is 3.23. The lowest BCUT2D eigenvalue weighted by molar-refractivity contribution is 0.306. The van der Waals surface area contributed by atoms with Crippen molar-refractivity contribution in [3.8, 4) is 11.4 Å². The highest BCUT2D eigenvalue weighted by Gasteiger charge is 2.21. The first-order valence-electron chi connectivity index (χ1n) is 11.4. The molecule has 0 amide bonds. The zero-order chi connectivity index (χ0) is 24.9. The van der Waals surface area contributed by atoms with E-state index in [-0.39, 0.29) is 17.3 Å². The lowest BCUT2D eigenvalue weighted by atomic mass is 10.2. The van der Waals surface area contributed by atoms with Crippen LogP contribution in [0.4, 0.5) is 11.6 Å². The number of hydrogen-bond donors (Lipinski definition) is 1. The fourth-order valence-corrected chi connectivity index (χ4v) is 5.14. The van der Waals surface area contributed by atoms with Crippen LogP contribution in [0.15, 0.2) is 66.2 Å². The smallest absolute Gasteiger partial charge is 0.177 e. The lowest BCUT2D eigenvalue weighted by Gasteiger charge is -2.32. The molecule has 0 radical (unpaired) electrons. The van der Waals surface area contributed by atoms with Gasteiger partial charge in [-0.25, -0.2) is 23.4 Å². The van der Waals surface area contributed by atoms with E-state index in [1.165, 1.54) is 18.9 Å². The van der Waals surface area contributed by atoms with E-state index >= 15 is 0 Å². The van der Waals surface area contributed by atoms with Crippen LogP contribution in [0.2, 0.25) is 0 Å². The van der Waals surface area contributed by atoms with Gasteiger partial charge in [0.25, 0.3) is 0 Å². The van der Waals surface area contributed by atoms with Crippen molar-refractivity contribution in [1.82, 2.24) is 24.5 Å². The van der Waals surface area contributed by atoms with Crippen LogP contribution >= 0.6 is 0 Å². The summed E-state index contributed by atoms with van der Waals surface area (Å²) >= 11 is 0. The van der Waals surface area contributed by atoms with Gasteiger partial charge in [0.05, 0.1) is 27.7 Å². The summed E-state index contributed by atoms with van der Waals surface area (Å²) < 4.78 is 32.5. The molecule has 0 unspecified atom stereocenters. The van der Waals surface area contributed by atoms with Crippen LogP contribution in [0.3, 0.4) is 0 Å². The van der Waals surface area contributed by atoms with Crippen molar-refractivity contribution in [3.63, 3.8) is 0 Å². The predicted molar refractivity (Wildman–Crippen MR) is 137 cm³/mol. The maximum atomic E-state index is 12.4. The molecule has 5 aromatic rings. The zero-order valence-electron chi connectivity index (χ0n) is 19.5. The van der Waals surface area contributed by atoms with Gasteiger partial charge < -0.3 is 15.4 Å². The van der Waals surface area contributed by atoms with Crippen LogP contribution < -0.4 is 15.4 Å². The highest BCUT2D eigenvalue weighted by atomic mass is 32.2. The number of nitrogen functional groups attached to an aromatic ring is 1. The first-order valence-corrected chi connectivity index (χ1v) is 13.3. The Morgan fingerprint density at radius 2 is 1.92 bits per heavy atom. The van der Waals surface area contributed by atoms with E-state index in [0.29, 0.717) is 22.5 Å². The molecule has 1 saturated heterocycles. The molecule has 1 aromatic carbocycles. The normalized spacial score (nSPS) is 13.8. The molecule has 0 aliphatic carbocycles. The fourth-order valence-electron chi connectivity index (χ4n) is 4.28. The van der Waals surface area contributed by atoms with Gasteiger partial charge in [0.15, 0.2) is 15.5 Å². The summed E-state index contributed by atoms with van der Waals surface area (Å²) in [6.07, 6.45) is 8.47. The molecule has 11 heteroatoms. The van der Waals surface area contributed by atoms with E-state index in [4.69, 9.17) is 15.5 Å². The second-order valence-corrected chi connectivity index (χ2v) is 10.8. The number of benzene rings is 1. The molecule has 1 aliphatic rings. The summed E-state index contributed by atoms with van der Waals surface area (Å²) in [4.78, 5) is 19.7. The Morgan fingerprint density at radius 3 is 2.69 bits per heavy atom. The third kappa shape index (κ3) is 3.97. The molecule has 2 N–H and O–H groups in total. The minimum Gasteiger partial charge on any atom is -0.489 e. The molecule has 0 saturated carbocycles. The van der Waals surface area contributed by atoms with Gasteiger partial charge in [-0.2, -0.15) is 0 Å². The van der Waals surface area contributed by atoms with Crippen LogP contribution in [0.25, 0.3) is 27.6 Å². The highest BCUT2D eigenvalue weighted by molar-refractivity contribution is 7.91. The molecule has 10 nitrogen and oxygen atoms in total. The number of ether oxygens (including phenoxy) is 1. The zero-order valence-corrected chi connectivity index (χ0v) is 20.3. The Kier molecular flexibility index (Phi) is 5.22. The number of nitrogens with zero attached hydrogens (tertiary/aromatic N) is 6. The minimum absolute atomic E-state index is 0.0681. The second kappa shape index (κ2) is 8.45. The summed E-state index contributed by atoms with van der Waals surface area (Å²) in [5.74, 6) is 1.79. The van der Waals surface area contributed by atoms with Crippen molar-refractivity contribution in [2.24, 2.45) is 0 Å².